The zero-order valence-corrected chi connectivity index (χ0v) is 10.8. The maximum atomic E-state index is 11.4. The summed E-state index contributed by atoms with van der Waals surface area (Å²) in [7, 11) is 3.48. The van der Waals surface area contributed by atoms with Gasteiger partial charge in [0.15, 0.2) is 5.69 Å². The predicted molar refractivity (Wildman–Crippen MR) is 69.6 cm³/mol. The van der Waals surface area contributed by atoms with Crippen molar-refractivity contribution in [3.8, 4) is 22.5 Å². The molecule has 20 heavy (non-hydrogen) atoms. The second kappa shape index (κ2) is 4.30. The quantitative estimate of drug-likeness (QED) is 0.568. The Bertz CT molecular complexity index is 725. The summed E-state index contributed by atoms with van der Waals surface area (Å²) in [6, 6.07) is 0. The molecule has 0 aliphatic rings. The number of nitrogens with one attached hydrogen (secondary N) is 1. The molecule has 0 spiro atoms. The molecule has 0 saturated carbocycles. The maximum Gasteiger partial charge on any atom is 0.322 e. The summed E-state index contributed by atoms with van der Waals surface area (Å²) < 4.78 is 3.14. The summed E-state index contributed by atoms with van der Waals surface area (Å²) >= 11 is 0. The number of nitrogens with zero attached hydrogens (tertiary/aromatic N) is 6. The van der Waals surface area contributed by atoms with Gasteiger partial charge in [0.1, 0.15) is 5.69 Å². The van der Waals surface area contributed by atoms with Gasteiger partial charge in [0.2, 0.25) is 0 Å². The van der Waals surface area contributed by atoms with E-state index in [0.29, 0.717) is 16.8 Å². The molecule has 102 valence electrons. The molecule has 3 aromatic rings. The largest absolute Gasteiger partial charge is 0.322 e. The lowest BCUT2D eigenvalue weighted by Crippen LogP contribution is -1.91. The van der Waals surface area contributed by atoms with Crippen molar-refractivity contribution in [3.05, 3.63) is 34.9 Å². The van der Waals surface area contributed by atoms with Crippen LogP contribution in [0.1, 0.15) is 0 Å². The smallest absolute Gasteiger partial charge is 0.275 e. The van der Waals surface area contributed by atoms with Crippen LogP contribution in [0.5, 0.6) is 0 Å². The zero-order chi connectivity index (χ0) is 14.3. The Morgan fingerprint density at radius 2 is 1.75 bits per heavy atom. The molecule has 0 bridgehead atoms. The zero-order valence-electron chi connectivity index (χ0n) is 10.8. The molecule has 0 saturated heterocycles. The van der Waals surface area contributed by atoms with Gasteiger partial charge in [0, 0.05) is 37.6 Å². The van der Waals surface area contributed by atoms with E-state index in [4.69, 9.17) is 0 Å². The van der Waals surface area contributed by atoms with Gasteiger partial charge in [-0.3, -0.25) is 24.6 Å². The Morgan fingerprint density at radius 3 is 2.25 bits per heavy atom. The predicted octanol–water partition coefficient (Wildman–Crippen LogP) is 1.12. The minimum absolute atomic E-state index is 0.0778. The van der Waals surface area contributed by atoms with Crippen LogP contribution in [0.2, 0.25) is 0 Å². The standard InChI is InChI=1S/C11H11N7O2/c1-16-5-7(3-12-16)9-11(18(19)20)10(15-14-9)8-4-13-17(2)6-8/h3-6H,1-2H3,(H,14,15). The van der Waals surface area contributed by atoms with Crippen LogP contribution in [0.25, 0.3) is 22.5 Å². The van der Waals surface area contributed by atoms with Crippen LogP contribution >= 0.6 is 0 Å². The molecule has 3 aromatic heterocycles. The first-order valence-corrected chi connectivity index (χ1v) is 5.77. The number of aromatic nitrogens is 6. The molecule has 0 aliphatic heterocycles. The second-order valence-corrected chi connectivity index (χ2v) is 4.36. The number of H-pyrrole nitrogens is 1. The lowest BCUT2D eigenvalue weighted by molar-refractivity contribution is -0.383. The fourth-order valence-electron chi connectivity index (χ4n) is 2.01. The highest BCUT2D eigenvalue weighted by molar-refractivity contribution is 5.80. The van der Waals surface area contributed by atoms with E-state index in [0.717, 1.165) is 0 Å². The van der Waals surface area contributed by atoms with Gasteiger partial charge in [-0.2, -0.15) is 15.3 Å². The average Bonchev–Trinajstić information content (AvgIpc) is 3.06. The van der Waals surface area contributed by atoms with E-state index in [1.165, 1.54) is 6.20 Å². The first-order valence-electron chi connectivity index (χ1n) is 5.77. The number of rotatable bonds is 3. The third kappa shape index (κ3) is 1.85. The summed E-state index contributed by atoms with van der Waals surface area (Å²) in [4.78, 5) is 10.9. The van der Waals surface area contributed by atoms with E-state index >= 15 is 0 Å². The van der Waals surface area contributed by atoms with E-state index < -0.39 is 4.92 Å². The molecule has 0 atom stereocenters. The van der Waals surface area contributed by atoms with Crippen LogP contribution < -0.4 is 0 Å². The molecule has 0 amide bonds. The Kier molecular flexibility index (Phi) is 2.60. The number of hydrogen-bond donors (Lipinski definition) is 1. The molecule has 0 aliphatic carbocycles. The Morgan fingerprint density at radius 1 is 1.15 bits per heavy atom. The fourth-order valence-corrected chi connectivity index (χ4v) is 2.01. The van der Waals surface area contributed by atoms with Crippen molar-refractivity contribution in [3.63, 3.8) is 0 Å². The van der Waals surface area contributed by atoms with Gasteiger partial charge in [-0.25, -0.2) is 0 Å². The molecule has 9 heteroatoms. The second-order valence-electron chi connectivity index (χ2n) is 4.36. The number of hydrogen-bond acceptors (Lipinski definition) is 5. The Labute approximate surface area is 113 Å². The fraction of sp³-hybridized carbons (Fsp3) is 0.182. The van der Waals surface area contributed by atoms with Gasteiger partial charge in [0.25, 0.3) is 0 Å². The van der Waals surface area contributed by atoms with E-state index in [2.05, 4.69) is 20.4 Å². The number of aromatic amines is 1. The van der Waals surface area contributed by atoms with E-state index in [1.807, 2.05) is 0 Å². The van der Waals surface area contributed by atoms with E-state index in [9.17, 15) is 10.1 Å². The van der Waals surface area contributed by atoms with Gasteiger partial charge >= 0.3 is 5.69 Å². The summed E-state index contributed by atoms with van der Waals surface area (Å²) in [5.74, 6) is 0. The van der Waals surface area contributed by atoms with Crippen LogP contribution in [0.15, 0.2) is 24.8 Å². The lowest BCUT2D eigenvalue weighted by Gasteiger charge is -1.94. The van der Waals surface area contributed by atoms with Crippen LogP contribution in [-0.4, -0.2) is 34.7 Å². The summed E-state index contributed by atoms with van der Waals surface area (Å²) in [6.45, 7) is 0. The van der Waals surface area contributed by atoms with Crippen LogP contribution in [-0.2, 0) is 14.1 Å². The SMILES string of the molecule is Cn1cc(-c2n[nH]c(-c3cnn(C)c3)c2[N+](=O)[O-])cn1. The third-order valence-electron chi connectivity index (χ3n) is 2.90. The molecule has 3 rings (SSSR count). The van der Waals surface area contributed by atoms with Gasteiger partial charge in [0.05, 0.1) is 17.3 Å². The van der Waals surface area contributed by atoms with Crippen molar-refractivity contribution >= 4 is 5.69 Å². The first kappa shape index (κ1) is 12.1. The molecule has 0 unspecified atom stereocenters. The van der Waals surface area contributed by atoms with Crippen molar-refractivity contribution in [2.24, 2.45) is 14.1 Å². The van der Waals surface area contributed by atoms with Crippen LogP contribution in [0.4, 0.5) is 5.69 Å². The van der Waals surface area contributed by atoms with E-state index in [-0.39, 0.29) is 11.4 Å². The number of nitro groups is 1. The van der Waals surface area contributed by atoms with Crippen molar-refractivity contribution in [1.82, 2.24) is 29.8 Å². The van der Waals surface area contributed by atoms with Crippen molar-refractivity contribution in [1.29, 1.82) is 0 Å². The maximum absolute atomic E-state index is 11.4. The van der Waals surface area contributed by atoms with Crippen LogP contribution in [0, 0.1) is 10.1 Å². The van der Waals surface area contributed by atoms with Gasteiger partial charge in [-0.1, -0.05) is 0 Å². The first-order chi connectivity index (χ1) is 9.56. The Hall–Kier alpha value is -2.97. The molecule has 3 heterocycles. The molecule has 0 aromatic carbocycles. The van der Waals surface area contributed by atoms with Crippen molar-refractivity contribution < 1.29 is 4.92 Å². The van der Waals surface area contributed by atoms with Crippen LogP contribution in [0.3, 0.4) is 0 Å². The van der Waals surface area contributed by atoms with Crippen molar-refractivity contribution in [2.45, 2.75) is 0 Å². The van der Waals surface area contributed by atoms with Gasteiger partial charge in [-0.15, -0.1) is 0 Å². The topological polar surface area (TPSA) is 107 Å². The van der Waals surface area contributed by atoms with E-state index in [1.54, 1.807) is 42.0 Å². The molecular weight excluding hydrogens is 262 g/mol. The molecular formula is C11H11N7O2. The highest BCUT2D eigenvalue weighted by Gasteiger charge is 2.27. The third-order valence-corrected chi connectivity index (χ3v) is 2.90. The Balaban J connectivity index is 2.18. The highest BCUT2D eigenvalue weighted by atomic mass is 16.6. The molecule has 1 N–H and O–H groups in total. The summed E-state index contributed by atoms with van der Waals surface area (Å²) in [6.07, 6.45) is 6.45. The highest BCUT2D eigenvalue weighted by Crippen LogP contribution is 2.35. The number of aryl methyl sites for hydroxylation is 2. The summed E-state index contributed by atoms with van der Waals surface area (Å²) in [5.41, 5.74) is 1.72. The molecule has 0 radical (unpaired) electrons. The lowest BCUT2D eigenvalue weighted by atomic mass is 10.1. The minimum atomic E-state index is -0.450. The van der Waals surface area contributed by atoms with Gasteiger partial charge in [-0.05, 0) is 0 Å². The average molecular weight is 273 g/mol. The minimum Gasteiger partial charge on any atom is -0.275 e. The monoisotopic (exact) mass is 273 g/mol. The summed E-state index contributed by atoms with van der Waals surface area (Å²) in [5, 5.41) is 26.1. The normalized spacial score (nSPS) is 10.9. The molecule has 0 fully saturated rings. The van der Waals surface area contributed by atoms with Crippen molar-refractivity contribution in [2.75, 3.05) is 0 Å². The molecule has 9 nitrogen and oxygen atoms in total. The van der Waals surface area contributed by atoms with Gasteiger partial charge < -0.3 is 0 Å².